The molecule has 1 aromatic carbocycles. The van der Waals surface area contributed by atoms with Gasteiger partial charge in [0.05, 0.1) is 5.52 Å². The van der Waals surface area contributed by atoms with Gasteiger partial charge in [0.25, 0.3) is 0 Å². The van der Waals surface area contributed by atoms with Crippen molar-refractivity contribution in [2.75, 3.05) is 33.7 Å². The van der Waals surface area contributed by atoms with Gasteiger partial charge in [0, 0.05) is 49.3 Å². The fourth-order valence-corrected chi connectivity index (χ4v) is 3.39. The van der Waals surface area contributed by atoms with Crippen LogP contribution in [0.3, 0.4) is 0 Å². The van der Waals surface area contributed by atoms with Crippen LogP contribution in [0.1, 0.15) is 18.2 Å². The van der Waals surface area contributed by atoms with Gasteiger partial charge >= 0.3 is 0 Å². The lowest BCUT2D eigenvalue weighted by Gasteiger charge is -2.41. The minimum atomic E-state index is 0.467. The van der Waals surface area contributed by atoms with Crippen LogP contribution in [0, 0.1) is 6.92 Å². The fraction of sp³-hybridized carbons (Fsp3) is 0.526. The molecular weight excluding hydrogens is 284 g/mol. The second-order valence-electron chi connectivity index (χ2n) is 6.96. The summed E-state index contributed by atoms with van der Waals surface area (Å²) in [5, 5.41) is 4.93. The molecule has 2 atom stereocenters. The maximum absolute atomic E-state index is 4.57. The van der Waals surface area contributed by atoms with Gasteiger partial charge in [-0.1, -0.05) is 12.1 Å². The Kier molecular flexibility index (Phi) is 4.95. The minimum absolute atomic E-state index is 0.467. The number of piperazine rings is 1. The molecule has 0 aliphatic carbocycles. The summed E-state index contributed by atoms with van der Waals surface area (Å²) in [6.45, 7) is 8.68. The molecular formula is C19H28N4. The van der Waals surface area contributed by atoms with Crippen molar-refractivity contribution in [1.29, 1.82) is 0 Å². The number of hydrogen-bond donors (Lipinski definition) is 1. The molecule has 4 heteroatoms. The van der Waals surface area contributed by atoms with Crippen LogP contribution >= 0.6 is 0 Å². The summed E-state index contributed by atoms with van der Waals surface area (Å²) >= 11 is 0. The van der Waals surface area contributed by atoms with E-state index in [0.29, 0.717) is 12.1 Å². The van der Waals surface area contributed by atoms with E-state index in [1.54, 1.807) is 0 Å². The standard InChI is InChI=1S/C19H28N4/c1-14-5-7-17-11-16(6-8-18(17)21-14)12-20-15(2)19-13-22(3)9-10-23(19)4/h5-8,11,15,19-20H,9-10,12-13H2,1-4H3. The van der Waals surface area contributed by atoms with E-state index in [-0.39, 0.29) is 0 Å². The van der Waals surface area contributed by atoms with Crippen molar-refractivity contribution in [1.82, 2.24) is 20.1 Å². The predicted molar refractivity (Wildman–Crippen MR) is 96.7 cm³/mol. The molecule has 1 aliphatic rings. The van der Waals surface area contributed by atoms with Crippen molar-refractivity contribution in [3.8, 4) is 0 Å². The molecule has 0 radical (unpaired) electrons. The Hall–Kier alpha value is -1.49. The number of aryl methyl sites for hydroxylation is 1. The first-order valence-corrected chi connectivity index (χ1v) is 8.51. The average molecular weight is 312 g/mol. The van der Waals surface area contributed by atoms with Crippen molar-refractivity contribution in [3.63, 3.8) is 0 Å². The summed E-state index contributed by atoms with van der Waals surface area (Å²) in [5.41, 5.74) is 3.47. The molecule has 1 saturated heterocycles. The molecule has 1 aromatic heterocycles. The Morgan fingerprint density at radius 3 is 2.87 bits per heavy atom. The zero-order chi connectivity index (χ0) is 16.4. The van der Waals surface area contributed by atoms with E-state index < -0.39 is 0 Å². The molecule has 0 saturated carbocycles. The first-order chi connectivity index (χ1) is 11.0. The average Bonchev–Trinajstić information content (AvgIpc) is 2.54. The lowest BCUT2D eigenvalue weighted by atomic mass is 10.0. The van der Waals surface area contributed by atoms with Gasteiger partial charge in [-0.05, 0) is 51.7 Å². The molecule has 0 amide bonds. The number of hydrogen-bond acceptors (Lipinski definition) is 4. The number of nitrogens with zero attached hydrogens (tertiary/aromatic N) is 3. The second kappa shape index (κ2) is 6.95. The van der Waals surface area contributed by atoms with Gasteiger partial charge < -0.3 is 10.2 Å². The van der Waals surface area contributed by atoms with Crippen molar-refractivity contribution in [3.05, 3.63) is 41.6 Å². The van der Waals surface area contributed by atoms with Crippen LogP contribution in [-0.4, -0.2) is 60.6 Å². The maximum atomic E-state index is 4.57. The van der Waals surface area contributed by atoms with Gasteiger partial charge in [0.1, 0.15) is 0 Å². The van der Waals surface area contributed by atoms with Crippen LogP contribution in [0.15, 0.2) is 30.3 Å². The van der Waals surface area contributed by atoms with Gasteiger partial charge in [0.15, 0.2) is 0 Å². The third kappa shape index (κ3) is 3.89. The van der Waals surface area contributed by atoms with E-state index in [0.717, 1.165) is 37.4 Å². The van der Waals surface area contributed by atoms with E-state index in [9.17, 15) is 0 Å². The quantitative estimate of drug-likeness (QED) is 0.938. The molecule has 1 fully saturated rings. The molecule has 0 spiro atoms. The normalized spacial score (nSPS) is 21.7. The van der Waals surface area contributed by atoms with E-state index in [1.165, 1.54) is 10.9 Å². The van der Waals surface area contributed by atoms with Crippen molar-refractivity contribution < 1.29 is 0 Å². The SMILES string of the molecule is Cc1ccc2cc(CNC(C)C3CN(C)CCN3C)ccc2n1. The molecule has 4 nitrogen and oxygen atoms in total. The van der Waals surface area contributed by atoms with Crippen LogP contribution < -0.4 is 5.32 Å². The molecule has 0 bridgehead atoms. The highest BCUT2D eigenvalue weighted by molar-refractivity contribution is 5.79. The maximum Gasteiger partial charge on any atom is 0.0705 e. The summed E-state index contributed by atoms with van der Waals surface area (Å²) in [6.07, 6.45) is 0. The fourth-order valence-electron chi connectivity index (χ4n) is 3.39. The molecule has 3 rings (SSSR count). The molecule has 2 unspecified atom stereocenters. The second-order valence-corrected chi connectivity index (χ2v) is 6.96. The highest BCUT2D eigenvalue weighted by atomic mass is 15.3. The van der Waals surface area contributed by atoms with Gasteiger partial charge in [-0.2, -0.15) is 0 Å². The number of nitrogens with one attached hydrogen (secondary N) is 1. The predicted octanol–water partition coefficient (Wildman–Crippen LogP) is 2.27. The van der Waals surface area contributed by atoms with E-state index >= 15 is 0 Å². The molecule has 2 aromatic rings. The Morgan fingerprint density at radius 2 is 2.04 bits per heavy atom. The highest BCUT2D eigenvalue weighted by Gasteiger charge is 2.26. The third-order valence-electron chi connectivity index (χ3n) is 5.00. The zero-order valence-corrected chi connectivity index (χ0v) is 14.7. The highest BCUT2D eigenvalue weighted by Crippen LogP contribution is 2.16. The lowest BCUT2D eigenvalue weighted by molar-refractivity contribution is 0.0917. The first kappa shape index (κ1) is 16.4. The molecule has 124 valence electrons. The van der Waals surface area contributed by atoms with Crippen molar-refractivity contribution in [2.45, 2.75) is 32.5 Å². The van der Waals surface area contributed by atoms with Gasteiger partial charge in [-0.3, -0.25) is 9.88 Å². The molecule has 2 heterocycles. The number of fused-ring (bicyclic) bond motifs is 1. The van der Waals surface area contributed by atoms with Gasteiger partial charge in [0.2, 0.25) is 0 Å². The summed E-state index contributed by atoms with van der Waals surface area (Å²) in [5.74, 6) is 0. The first-order valence-electron chi connectivity index (χ1n) is 8.51. The third-order valence-corrected chi connectivity index (χ3v) is 5.00. The molecule has 23 heavy (non-hydrogen) atoms. The van der Waals surface area contributed by atoms with Crippen LogP contribution in [0.5, 0.6) is 0 Å². The summed E-state index contributed by atoms with van der Waals surface area (Å²) in [6, 6.07) is 11.8. The summed E-state index contributed by atoms with van der Waals surface area (Å²) < 4.78 is 0. The lowest BCUT2D eigenvalue weighted by Crippen LogP contribution is -2.57. The minimum Gasteiger partial charge on any atom is -0.309 e. The Labute approximate surface area is 139 Å². The van der Waals surface area contributed by atoms with Crippen LogP contribution in [0.2, 0.25) is 0 Å². The number of benzene rings is 1. The Bertz CT molecular complexity index is 669. The number of likely N-dealkylation sites (N-methyl/N-ethyl adjacent to an activating group) is 2. The molecule has 1 N–H and O–H groups in total. The van der Waals surface area contributed by atoms with Crippen molar-refractivity contribution in [2.24, 2.45) is 0 Å². The summed E-state index contributed by atoms with van der Waals surface area (Å²) in [7, 11) is 4.45. The van der Waals surface area contributed by atoms with Gasteiger partial charge in [-0.15, -0.1) is 0 Å². The van der Waals surface area contributed by atoms with Crippen LogP contribution in [0.25, 0.3) is 10.9 Å². The number of rotatable bonds is 4. The Balaban J connectivity index is 1.64. The van der Waals surface area contributed by atoms with Crippen LogP contribution in [0.4, 0.5) is 0 Å². The topological polar surface area (TPSA) is 31.4 Å². The van der Waals surface area contributed by atoms with E-state index in [4.69, 9.17) is 0 Å². The van der Waals surface area contributed by atoms with E-state index in [2.05, 4.69) is 71.5 Å². The Morgan fingerprint density at radius 1 is 1.22 bits per heavy atom. The van der Waals surface area contributed by atoms with E-state index in [1.807, 2.05) is 6.92 Å². The van der Waals surface area contributed by atoms with Crippen molar-refractivity contribution >= 4 is 10.9 Å². The molecule has 1 aliphatic heterocycles. The van der Waals surface area contributed by atoms with Gasteiger partial charge in [-0.25, -0.2) is 0 Å². The monoisotopic (exact) mass is 312 g/mol. The smallest absolute Gasteiger partial charge is 0.0705 e. The van der Waals surface area contributed by atoms with Crippen LogP contribution in [-0.2, 0) is 6.54 Å². The number of pyridine rings is 1. The zero-order valence-electron chi connectivity index (χ0n) is 14.7. The largest absolute Gasteiger partial charge is 0.309 e. The number of aromatic nitrogens is 1. The summed E-state index contributed by atoms with van der Waals surface area (Å²) in [4.78, 5) is 9.47.